The number of carbonyl (C=O) groups is 2. The fraction of sp³-hybridized carbons (Fsp3) is 0.292. The zero-order valence-electron chi connectivity index (χ0n) is 16.6. The molecule has 3 rings (SSSR count). The number of piperazine rings is 1. The molecule has 1 aliphatic heterocycles. The minimum absolute atomic E-state index is 0.0537. The van der Waals surface area contributed by atoms with E-state index in [4.69, 9.17) is 6.42 Å². The van der Waals surface area contributed by atoms with Crippen LogP contribution in [0.3, 0.4) is 0 Å². The Morgan fingerprint density at radius 3 is 2.41 bits per heavy atom. The second-order valence-electron chi connectivity index (χ2n) is 7.47. The van der Waals surface area contributed by atoms with Crippen molar-refractivity contribution >= 4 is 11.8 Å². The maximum absolute atomic E-state index is 13.4. The van der Waals surface area contributed by atoms with E-state index in [2.05, 4.69) is 12.0 Å². The van der Waals surface area contributed by atoms with Gasteiger partial charge in [-0.1, -0.05) is 54.5 Å². The molecule has 2 atom stereocenters. The molecule has 0 aromatic heterocycles. The highest BCUT2D eigenvalue weighted by Crippen LogP contribution is 2.31. The van der Waals surface area contributed by atoms with Crippen molar-refractivity contribution in [3.63, 3.8) is 0 Å². The summed E-state index contributed by atoms with van der Waals surface area (Å²) in [7, 11) is 1.65. The van der Waals surface area contributed by atoms with E-state index in [1.807, 2.05) is 42.5 Å². The Balaban J connectivity index is 1.97. The summed E-state index contributed by atoms with van der Waals surface area (Å²) in [6.45, 7) is 1.83. The molecule has 1 aliphatic rings. The Kier molecular flexibility index (Phi) is 5.71. The average Bonchev–Trinajstić information content (AvgIpc) is 2.74. The summed E-state index contributed by atoms with van der Waals surface area (Å²) in [5.74, 6) is 2.18. The summed E-state index contributed by atoms with van der Waals surface area (Å²) in [6, 6.07) is 18.2. The standard InChI is InChI=1S/C24H23N3O2/c1-4-14-27-22(28)21(15-19-12-8-9-13-20(19)17-25)26(3)23(29)24(27,2)16-18-10-6-5-7-11-18/h1,5-13,21H,14-16H2,2-3H3/t21-,24+/m1/s1. The van der Waals surface area contributed by atoms with E-state index < -0.39 is 11.6 Å². The van der Waals surface area contributed by atoms with Crippen LogP contribution in [0.4, 0.5) is 0 Å². The first-order chi connectivity index (χ1) is 13.9. The third-order valence-electron chi connectivity index (χ3n) is 5.59. The highest BCUT2D eigenvalue weighted by atomic mass is 16.2. The van der Waals surface area contributed by atoms with E-state index in [-0.39, 0.29) is 24.8 Å². The van der Waals surface area contributed by atoms with Gasteiger partial charge in [0, 0.05) is 19.9 Å². The van der Waals surface area contributed by atoms with Gasteiger partial charge in [-0.15, -0.1) is 6.42 Å². The van der Waals surface area contributed by atoms with Crippen molar-refractivity contribution < 1.29 is 9.59 Å². The van der Waals surface area contributed by atoms with Gasteiger partial charge in [0.25, 0.3) is 0 Å². The van der Waals surface area contributed by atoms with Gasteiger partial charge in [0.1, 0.15) is 11.6 Å². The monoisotopic (exact) mass is 385 g/mol. The zero-order valence-corrected chi connectivity index (χ0v) is 16.6. The van der Waals surface area contributed by atoms with Crippen LogP contribution in [0.5, 0.6) is 0 Å². The maximum Gasteiger partial charge on any atom is 0.249 e. The number of hydrogen-bond acceptors (Lipinski definition) is 3. The van der Waals surface area contributed by atoms with Crippen molar-refractivity contribution in [3.05, 3.63) is 71.3 Å². The van der Waals surface area contributed by atoms with Gasteiger partial charge < -0.3 is 9.80 Å². The molecule has 0 N–H and O–H groups in total. The van der Waals surface area contributed by atoms with Crippen LogP contribution in [0.15, 0.2) is 54.6 Å². The first kappa shape index (κ1) is 20.2. The van der Waals surface area contributed by atoms with Crippen molar-refractivity contribution in [2.24, 2.45) is 0 Å². The van der Waals surface area contributed by atoms with Crippen LogP contribution in [0.2, 0.25) is 0 Å². The molecule has 2 aromatic carbocycles. The van der Waals surface area contributed by atoms with Gasteiger partial charge in [-0.25, -0.2) is 0 Å². The van der Waals surface area contributed by atoms with Gasteiger partial charge in [-0.2, -0.15) is 5.26 Å². The first-order valence-corrected chi connectivity index (χ1v) is 9.46. The van der Waals surface area contributed by atoms with Crippen LogP contribution >= 0.6 is 0 Å². The smallest absolute Gasteiger partial charge is 0.249 e. The first-order valence-electron chi connectivity index (χ1n) is 9.46. The lowest BCUT2D eigenvalue weighted by Crippen LogP contribution is -2.70. The fourth-order valence-electron chi connectivity index (χ4n) is 3.97. The molecule has 1 heterocycles. The summed E-state index contributed by atoms with van der Waals surface area (Å²) >= 11 is 0. The number of amides is 2. The number of terminal acetylenes is 1. The van der Waals surface area contributed by atoms with Crippen molar-refractivity contribution in [1.29, 1.82) is 5.26 Å². The summed E-state index contributed by atoms with van der Waals surface area (Å²) < 4.78 is 0. The van der Waals surface area contributed by atoms with Crippen LogP contribution in [-0.2, 0) is 22.4 Å². The van der Waals surface area contributed by atoms with Gasteiger partial charge >= 0.3 is 0 Å². The normalized spacial score (nSPS) is 21.6. The van der Waals surface area contributed by atoms with E-state index in [0.29, 0.717) is 12.0 Å². The lowest BCUT2D eigenvalue weighted by molar-refractivity contribution is -0.167. The SMILES string of the molecule is C#CCN1C(=O)[C@@H](Cc2ccccc2C#N)N(C)C(=O)[C@]1(C)Cc1ccccc1. The summed E-state index contributed by atoms with van der Waals surface area (Å²) in [5.41, 5.74) is 1.13. The second kappa shape index (κ2) is 8.20. The second-order valence-corrected chi connectivity index (χ2v) is 7.47. The predicted molar refractivity (Wildman–Crippen MR) is 111 cm³/mol. The van der Waals surface area contributed by atoms with Crippen molar-refractivity contribution in [2.75, 3.05) is 13.6 Å². The third-order valence-corrected chi connectivity index (χ3v) is 5.59. The van der Waals surface area contributed by atoms with Crippen LogP contribution in [0.1, 0.15) is 23.6 Å². The van der Waals surface area contributed by atoms with Gasteiger partial charge in [0.15, 0.2) is 0 Å². The van der Waals surface area contributed by atoms with E-state index in [1.54, 1.807) is 26.1 Å². The number of carbonyl (C=O) groups excluding carboxylic acids is 2. The molecular formula is C24H23N3O2. The van der Waals surface area contributed by atoms with Crippen LogP contribution in [0, 0.1) is 23.7 Å². The molecular weight excluding hydrogens is 362 g/mol. The number of likely N-dealkylation sites (N-methyl/N-ethyl adjacent to an activating group) is 1. The zero-order chi connectivity index (χ0) is 21.0. The summed E-state index contributed by atoms with van der Waals surface area (Å²) in [4.78, 5) is 29.9. The maximum atomic E-state index is 13.4. The Labute approximate surface area is 171 Å². The van der Waals surface area contributed by atoms with Gasteiger partial charge in [-0.3, -0.25) is 9.59 Å². The highest BCUT2D eigenvalue weighted by Gasteiger charge is 2.52. The molecule has 0 aliphatic carbocycles. The summed E-state index contributed by atoms with van der Waals surface area (Å²) in [6.07, 6.45) is 6.20. The molecule has 146 valence electrons. The number of nitrogens with zero attached hydrogens (tertiary/aromatic N) is 3. The molecule has 1 fully saturated rings. The van der Waals surface area contributed by atoms with Crippen LogP contribution in [0.25, 0.3) is 0 Å². The molecule has 5 heteroatoms. The molecule has 5 nitrogen and oxygen atoms in total. The molecule has 1 saturated heterocycles. The summed E-state index contributed by atoms with van der Waals surface area (Å²) in [5, 5.41) is 9.36. The van der Waals surface area contributed by atoms with E-state index in [9.17, 15) is 14.9 Å². The molecule has 0 spiro atoms. The van der Waals surface area contributed by atoms with Gasteiger partial charge in [0.2, 0.25) is 11.8 Å². The van der Waals surface area contributed by atoms with E-state index in [0.717, 1.165) is 11.1 Å². The minimum Gasteiger partial charge on any atom is -0.331 e. The largest absolute Gasteiger partial charge is 0.331 e. The number of nitriles is 1. The van der Waals surface area contributed by atoms with Crippen LogP contribution < -0.4 is 0 Å². The topological polar surface area (TPSA) is 64.4 Å². The fourth-order valence-corrected chi connectivity index (χ4v) is 3.97. The minimum atomic E-state index is -1.06. The van der Waals surface area contributed by atoms with Crippen LogP contribution in [-0.4, -0.2) is 46.8 Å². The van der Waals surface area contributed by atoms with Gasteiger partial charge in [-0.05, 0) is 24.1 Å². The number of hydrogen-bond donors (Lipinski definition) is 0. The molecule has 0 saturated carbocycles. The number of rotatable bonds is 5. The van der Waals surface area contributed by atoms with Crippen molar-refractivity contribution in [1.82, 2.24) is 9.80 Å². The highest BCUT2D eigenvalue weighted by molar-refractivity contribution is 6.00. The molecule has 0 bridgehead atoms. The lowest BCUT2D eigenvalue weighted by Gasteiger charge is -2.49. The molecule has 0 radical (unpaired) electrons. The quantitative estimate of drug-likeness (QED) is 0.743. The predicted octanol–water partition coefficient (Wildman–Crippen LogP) is 2.40. The van der Waals surface area contributed by atoms with Gasteiger partial charge in [0.05, 0.1) is 18.2 Å². The van der Waals surface area contributed by atoms with E-state index in [1.165, 1.54) is 9.80 Å². The Bertz CT molecular complexity index is 1000. The Hall–Kier alpha value is -3.57. The molecule has 29 heavy (non-hydrogen) atoms. The van der Waals surface area contributed by atoms with Crippen molar-refractivity contribution in [3.8, 4) is 18.4 Å². The number of benzene rings is 2. The van der Waals surface area contributed by atoms with E-state index >= 15 is 0 Å². The molecule has 0 unspecified atom stereocenters. The average molecular weight is 385 g/mol. The third kappa shape index (κ3) is 3.73. The molecule has 2 amide bonds. The Morgan fingerprint density at radius 2 is 1.76 bits per heavy atom. The Morgan fingerprint density at radius 1 is 1.10 bits per heavy atom. The lowest BCUT2D eigenvalue weighted by atomic mass is 9.84. The van der Waals surface area contributed by atoms with Crippen molar-refractivity contribution in [2.45, 2.75) is 31.3 Å². The molecule has 2 aromatic rings.